The largest absolute Gasteiger partial charge is 0.480 e. The van der Waals surface area contributed by atoms with Gasteiger partial charge in [-0.1, -0.05) is 0 Å². The molecule has 16 heavy (non-hydrogen) atoms. The van der Waals surface area contributed by atoms with Gasteiger partial charge < -0.3 is 10.0 Å². The number of nitrogens with one attached hydrogen (secondary N) is 1. The standard InChI is InChI=1S/C11H20N2O2S/c1-8(2)13-5-3-11(4-6-13)12-9(7-16-11)10(14)15/h8-9,12H,3-7H2,1-2H3,(H,14,15)/t9-/m0/s1. The Morgan fingerprint density at radius 2 is 2.12 bits per heavy atom. The molecule has 2 fully saturated rings. The van der Waals surface area contributed by atoms with E-state index in [1.165, 1.54) is 0 Å². The zero-order valence-electron chi connectivity index (χ0n) is 9.90. The molecule has 0 amide bonds. The highest BCUT2D eigenvalue weighted by Crippen LogP contribution is 2.39. The summed E-state index contributed by atoms with van der Waals surface area (Å²) in [7, 11) is 0. The number of likely N-dealkylation sites (tertiary alicyclic amines) is 1. The molecule has 0 unspecified atom stereocenters. The maximum absolute atomic E-state index is 10.9. The average Bonchev–Trinajstić information content (AvgIpc) is 2.63. The van der Waals surface area contributed by atoms with E-state index < -0.39 is 5.97 Å². The molecular formula is C11H20N2O2S. The minimum absolute atomic E-state index is 0.0362. The van der Waals surface area contributed by atoms with Crippen molar-refractivity contribution in [3.05, 3.63) is 0 Å². The third-order valence-electron chi connectivity index (χ3n) is 3.60. The van der Waals surface area contributed by atoms with E-state index >= 15 is 0 Å². The Kier molecular flexibility index (Phi) is 3.47. The lowest BCUT2D eigenvalue weighted by atomic mass is 10.0. The van der Waals surface area contributed by atoms with E-state index in [9.17, 15) is 4.79 Å². The summed E-state index contributed by atoms with van der Waals surface area (Å²) in [4.78, 5) is 13.4. The number of hydrogen-bond donors (Lipinski definition) is 2. The molecule has 2 aliphatic heterocycles. The maximum atomic E-state index is 10.9. The van der Waals surface area contributed by atoms with Crippen LogP contribution in [0, 0.1) is 0 Å². The number of carboxylic acid groups (broad SMARTS) is 1. The van der Waals surface area contributed by atoms with E-state index in [-0.39, 0.29) is 10.9 Å². The van der Waals surface area contributed by atoms with Gasteiger partial charge in [-0.25, -0.2) is 0 Å². The van der Waals surface area contributed by atoms with Crippen molar-refractivity contribution in [3.63, 3.8) is 0 Å². The van der Waals surface area contributed by atoms with Gasteiger partial charge >= 0.3 is 5.97 Å². The van der Waals surface area contributed by atoms with Gasteiger partial charge in [0.1, 0.15) is 6.04 Å². The zero-order chi connectivity index (χ0) is 11.8. The molecule has 5 heteroatoms. The molecular weight excluding hydrogens is 224 g/mol. The highest BCUT2D eigenvalue weighted by molar-refractivity contribution is 8.01. The third-order valence-corrected chi connectivity index (χ3v) is 5.18. The molecule has 0 radical (unpaired) electrons. The van der Waals surface area contributed by atoms with Crippen LogP contribution >= 0.6 is 11.8 Å². The Bertz CT molecular complexity index is 275. The minimum Gasteiger partial charge on any atom is -0.480 e. The Balaban J connectivity index is 1.91. The van der Waals surface area contributed by atoms with Gasteiger partial charge in [0.15, 0.2) is 0 Å². The molecule has 2 rings (SSSR count). The molecule has 4 nitrogen and oxygen atoms in total. The molecule has 0 aromatic carbocycles. The molecule has 1 spiro atoms. The average molecular weight is 244 g/mol. The number of carbonyl (C=O) groups is 1. The summed E-state index contributed by atoms with van der Waals surface area (Å²) in [5, 5.41) is 12.3. The summed E-state index contributed by atoms with van der Waals surface area (Å²) in [5.41, 5.74) is 0. The van der Waals surface area contributed by atoms with Crippen molar-refractivity contribution in [2.75, 3.05) is 18.8 Å². The Morgan fingerprint density at radius 3 is 2.56 bits per heavy atom. The SMILES string of the molecule is CC(C)N1CCC2(CC1)N[C@H](C(=O)O)CS2. The summed E-state index contributed by atoms with van der Waals surface area (Å²) in [6.45, 7) is 6.58. The smallest absolute Gasteiger partial charge is 0.321 e. The first-order valence-corrected chi connectivity index (χ1v) is 6.89. The van der Waals surface area contributed by atoms with Crippen molar-refractivity contribution in [2.24, 2.45) is 0 Å². The highest BCUT2D eigenvalue weighted by atomic mass is 32.2. The van der Waals surface area contributed by atoms with Gasteiger partial charge in [-0.05, 0) is 26.7 Å². The molecule has 2 N–H and O–H groups in total. The van der Waals surface area contributed by atoms with Crippen molar-refractivity contribution in [1.29, 1.82) is 0 Å². The molecule has 0 bridgehead atoms. The van der Waals surface area contributed by atoms with Crippen LogP contribution in [0.2, 0.25) is 0 Å². The second-order valence-corrected chi connectivity index (χ2v) is 6.37. The van der Waals surface area contributed by atoms with Gasteiger partial charge in [0, 0.05) is 24.9 Å². The van der Waals surface area contributed by atoms with Crippen molar-refractivity contribution >= 4 is 17.7 Å². The van der Waals surface area contributed by atoms with E-state index in [0.717, 1.165) is 25.9 Å². The first-order chi connectivity index (χ1) is 7.52. The first-order valence-electron chi connectivity index (χ1n) is 5.91. The summed E-state index contributed by atoms with van der Waals surface area (Å²) >= 11 is 1.80. The van der Waals surface area contributed by atoms with Crippen LogP contribution in [0.15, 0.2) is 0 Å². The predicted octanol–water partition coefficient (Wildman–Crippen LogP) is 0.977. The van der Waals surface area contributed by atoms with Crippen LogP contribution in [0.3, 0.4) is 0 Å². The number of aliphatic carboxylic acids is 1. The number of hydrogen-bond acceptors (Lipinski definition) is 4. The Hall–Kier alpha value is -0.260. The van der Waals surface area contributed by atoms with E-state index in [0.29, 0.717) is 11.8 Å². The fourth-order valence-corrected chi connectivity index (χ4v) is 3.88. The quantitative estimate of drug-likeness (QED) is 0.758. The van der Waals surface area contributed by atoms with Crippen LogP contribution in [0.1, 0.15) is 26.7 Å². The predicted molar refractivity (Wildman–Crippen MR) is 65.7 cm³/mol. The minimum atomic E-state index is -0.712. The second-order valence-electron chi connectivity index (χ2n) is 4.97. The van der Waals surface area contributed by atoms with Crippen LogP contribution < -0.4 is 5.32 Å². The number of carboxylic acids is 1. The summed E-state index contributed by atoms with van der Waals surface area (Å²) in [6.07, 6.45) is 2.11. The summed E-state index contributed by atoms with van der Waals surface area (Å²) < 4.78 is 0. The number of piperidine rings is 1. The fourth-order valence-electron chi connectivity index (χ4n) is 2.47. The van der Waals surface area contributed by atoms with Crippen molar-refractivity contribution in [1.82, 2.24) is 10.2 Å². The number of thioether (sulfide) groups is 1. The van der Waals surface area contributed by atoms with Gasteiger partial charge in [-0.15, -0.1) is 11.8 Å². The van der Waals surface area contributed by atoms with Gasteiger partial charge in [0.2, 0.25) is 0 Å². The van der Waals surface area contributed by atoms with Gasteiger partial charge in [0.05, 0.1) is 4.87 Å². The molecule has 2 heterocycles. The third kappa shape index (κ3) is 2.36. The lowest BCUT2D eigenvalue weighted by Crippen LogP contribution is -2.52. The molecule has 0 saturated carbocycles. The monoisotopic (exact) mass is 244 g/mol. The Morgan fingerprint density at radius 1 is 1.50 bits per heavy atom. The summed E-state index contributed by atoms with van der Waals surface area (Å²) in [6, 6.07) is 0.245. The fraction of sp³-hybridized carbons (Fsp3) is 0.909. The number of rotatable bonds is 2. The molecule has 92 valence electrons. The molecule has 0 aliphatic carbocycles. The van der Waals surface area contributed by atoms with Gasteiger partial charge in [-0.2, -0.15) is 0 Å². The van der Waals surface area contributed by atoms with Crippen LogP contribution in [0.25, 0.3) is 0 Å². The van der Waals surface area contributed by atoms with Crippen LogP contribution in [-0.2, 0) is 4.79 Å². The molecule has 0 aromatic rings. The van der Waals surface area contributed by atoms with Crippen LogP contribution in [-0.4, -0.2) is 51.8 Å². The number of nitrogens with zero attached hydrogens (tertiary/aromatic N) is 1. The van der Waals surface area contributed by atoms with Crippen molar-refractivity contribution < 1.29 is 9.90 Å². The lowest BCUT2D eigenvalue weighted by Gasteiger charge is -2.40. The van der Waals surface area contributed by atoms with E-state index in [4.69, 9.17) is 5.11 Å². The van der Waals surface area contributed by atoms with Crippen molar-refractivity contribution in [2.45, 2.75) is 43.6 Å². The van der Waals surface area contributed by atoms with E-state index in [2.05, 4.69) is 24.1 Å². The van der Waals surface area contributed by atoms with Crippen molar-refractivity contribution in [3.8, 4) is 0 Å². The molecule has 1 atom stereocenters. The second kappa shape index (κ2) is 4.55. The lowest BCUT2D eigenvalue weighted by molar-refractivity contribution is -0.139. The van der Waals surface area contributed by atoms with Crippen LogP contribution in [0.5, 0.6) is 0 Å². The van der Waals surface area contributed by atoms with Crippen LogP contribution in [0.4, 0.5) is 0 Å². The first kappa shape index (κ1) is 12.2. The van der Waals surface area contributed by atoms with Gasteiger partial charge in [-0.3, -0.25) is 10.1 Å². The normalized spacial score (nSPS) is 30.1. The zero-order valence-corrected chi connectivity index (χ0v) is 10.7. The van der Waals surface area contributed by atoms with E-state index in [1.807, 2.05) is 0 Å². The van der Waals surface area contributed by atoms with E-state index in [1.54, 1.807) is 11.8 Å². The molecule has 2 aliphatic rings. The molecule has 0 aromatic heterocycles. The summed E-state index contributed by atoms with van der Waals surface area (Å²) in [5.74, 6) is -0.00698. The van der Waals surface area contributed by atoms with Gasteiger partial charge in [0.25, 0.3) is 0 Å². The highest BCUT2D eigenvalue weighted by Gasteiger charge is 2.43. The molecule has 2 saturated heterocycles. The maximum Gasteiger partial charge on any atom is 0.321 e. The Labute approximate surface area is 101 Å². The topological polar surface area (TPSA) is 52.6 Å².